The van der Waals surface area contributed by atoms with Crippen molar-refractivity contribution in [3.05, 3.63) is 65.5 Å². The Bertz CT molecular complexity index is 704. The van der Waals surface area contributed by atoms with Crippen molar-refractivity contribution < 1.29 is 4.79 Å². The van der Waals surface area contributed by atoms with Crippen molar-refractivity contribution >= 4 is 29.3 Å². The van der Waals surface area contributed by atoms with Gasteiger partial charge in [-0.05, 0) is 25.1 Å². The Morgan fingerprint density at radius 2 is 2.09 bits per heavy atom. The van der Waals surface area contributed by atoms with Gasteiger partial charge in [0.05, 0.1) is 5.69 Å². The topological polar surface area (TPSA) is 38.1 Å². The van der Waals surface area contributed by atoms with E-state index in [0.29, 0.717) is 11.7 Å². The lowest BCUT2D eigenvalue weighted by molar-refractivity contribution is -0.114. The fourth-order valence-electron chi connectivity index (χ4n) is 2.14. The first-order valence-corrected chi connectivity index (χ1v) is 7.27. The van der Waals surface area contributed by atoms with Crippen LogP contribution in [0.5, 0.6) is 0 Å². The third-order valence-electron chi connectivity index (χ3n) is 3.23. The predicted octanol–water partition coefficient (Wildman–Crippen LogP) is 3.61. The molecule has 0 aliphatic rings. The highest BCUT2D eigenvalue weighted by Crippen LogP contribution is 2.20. The molecule has 0 atom stereocenters. The average molecular weight is 316 g/mol. The van der Waals surface area contributed by atoms with Gasteiger partial charge in [-0.15, -0.1) is 6.58 Å². The molecule has 0 fully saturated rings. The van der Waals surface area contributed by atoms with E-state index in [1.807, 2.05) is 37.3 Å². The van der Waals surface area contributed by atoms with Crippen LogP contribution in [0, 0.1) is 6.92 Å². The number of rotatable bonds is 5. The highest BCUT2D eigenvalue weighted by atomic mass is 35.5. The van der Waals surface area contributed by atoms with Gasteiger partial charge in [0.1, 0.15) is 5.15 Å². The van der Waals surface area contributed by atoms with Gasteiger partial charge >= 0.3 is 0 Å². The lowest BCUT2D eigenvalue weighted by Crippen LogP contribution is -2.29. The maximum absolute atomic E-state index is 12.5. The summed E-state index contributed by atoms with van der Waals surface area (Å²) in [6.45, 7) is 6.00. The Kier molecular flexibility index (Phi) is 5.17. The summed E-state index contributed by atoms with van der Waals surface area (Å²) in [5.41, 5.74) is 2.36. The van der Waals surface area contributed by atoms with E-state index in [0.717, 1.165) is 16.9 Å². The molecule has 5 heteroatoms. The van der Waals surface area contributed by atoms with Gasteiger partial charge in [-0.3, -0.25) is 9.48 Å². The first kappa shape index (κ1) is 16.0. The molecule has 1 aromatic heterocycles. The number of anilines is 1. The molecule has 0 saturated heterocycles. The predicted molar refractivity (Wildman–Crippen MR) is 91.0 cm³/mol. The molecule has 4 nitrogen and oxygen atoms in total. The number of para-hydroxylation sites is 1. The molecule has 0 aliphatic heterocycles. The van der Waals surface area contributed by atoms with Crippen molar-refractivity contribution in [1.82, 2.24) is 9.78 Å². The van der Waals surface area contributed by atoms with Crippen LogP contribution < -0.4 is 4.90 Å². The Morgan fingerprint density at radius 3 is 2.64 bits per heavy atom. The Hall–Kier alpha value is -2.33. The maximum atomic E-state index is 12.5. The van der Waals surface area contributed by atoms with Crippen molar-refractivity contribution in [2.24, 2.45) is 7.05 Å². The van der Waals surface area contributed by atoms with Crippen LogP contribution in [0.15, 0.2) is 49.1 Å². The maximum Gasteiger partial charge on any atom is 0.251 e. The van der Waals surface area contributed by atoms with Crippen LogP contribution in [0.3, 0.4) is 0 Å². The second-order valence-electron chi connectivity index (χ2n) is 4.82. The van der Waals surface area contributed by atoms with Crippen LogP contribution in [0.25, 0.3) is 6.08 Å². The number of benzene rings is 1. The van der Waals surface area contributed by atoms with E-state index >= 15 is 0 Å². The largest absolute Gasteiger partial charge is 0.305 e. The van der Waals surface area contributed by atoms with Crippen molar-refractivity contribution in [2.45, 2.75) is 6.92 Å². The summed E-state index contributed by atoms with van der Waals surface area (Å²) in [5.74, 6) is -0.134. The Morgan fingerprint density at radius 1 is 1.41 bits per heavy atom. The SMILES string of the molecule is C=CCN(C(=O)C=Cc1c(C)nn(C)c1Cl)c1ccccc1. The molecule has 0 spiro atoms. The number of halogens is 1. The van der Waals surface area contributed by atoms with E-state index in [2.05, 4.69) is 11.7 Å². The molecule has 0 bridgehead atoms. The van der Waals surface area contributed by atoms with Crippen LogP contribution in [0.1, 0.15) is 11.3 Å². The van der Waals surface area contributed by atoms with Gasteiger partial charge in [0.2, 0.25) is 0 Å². The molecule has 2 rings (SSSR count). The lowest BCUT2D eigenvalue weighted by Gasteiger charge is -2.19. The number of hydrogen-bond donors (Lipinski definition) is 0. The van der Waals surface area contributed by atoms with Gasteiger partial charge in [0, 0.05) is 30.9 Å². The quantitative estimate of drug-likeness (QED) is 0.624. The van der Waals surface area contributed by atoms with Crippen molar-refractivity contribution in [1.29, 1.82) is 0 Å². The molecule has 22 heavy (non-hydrogen) atoms. The summed E-state index contributed by atoms with van der Waals surface area (Å²) >= 11 is 6.16. The molecule has 1 heterocycles. The molecule has 2 aromatic rings. The van der Waals surface area contributed by atoms with Crippen LogP contribution in [0.4, 0.5) is 5.69 Å². The molecule has 1 aromatic carbocycles. The summed E-state index contributed by atoms with van der Waals surface area (Å²) in [4.78, 5) is 14.1. The minimum atomic E-state index is -0.134. The standard InChI is InChI=1S/C17H18ClN3O/c1-4-12-21(14-8-6-5-7-9-14)16(22)11-10-15-13(2)19-20(3)17(15)18/h4-11H,1,12H2,2-3H3. The Balaban J connectivity index is 2.25. The minimum Gasteiger partial charge on any atom is -0.305 e. The monoisotopic (exact) mass is 315 g/mol. The van der Waals surface area contributed by atoms with Gasteiger partial charge in [-0.2, -0.15) is 5.10 Å². The first-order valence-electron chi connectivity index (χ1n) is 6.89. The smallest absolute Gasteiger partial charge is 0.251 e. The summed E-state index contributed by atoms with van der Waals surface area (Å²) in [5, 5.41) is 4.73. The highest BCUT2D eigenvalue weighted by molar-refractivity contribution is 6.31. The fourth-order valence-corrected chi connectivity index (χ4v) is 2.38. The minimum absolute atomic E-state index is 0.134. The van der Waals surface area contributed by atoms with Crippen molar-refractivity contribution in [3.63, 3.8) is 0 Å². The normalized spacial score (nSPS) is 10.9. The van der Waals surface area contributed by atoms with E-state index in [1.165, 1.54) is 6.08 Å². The average Bonchev–Trinajstić information content (AvgIpc) is 2.76. The molecule has 114 valence electrons. The third kappa shape index (κ3) is 3.46. The molecular weight excluding hydrogens is 298 g/mol. The number of nitrogens with zero attached hydrogens (tertiary/aromatic N) is 3. The summed E-state index contributed by atoms with van der Waals surface area (Å²) in [6.07, 6.45) is 4.90. The van der Waals surface area contributed by atoms with Gasteiger partial charge in [0.25, 0.3) is 5.91 Å². The molecule has 0 aliphatic carbocycles. The zero-order valence-electron chi connectivity index (χ0n) is 12.7. The van der Waals surface area contributed by atoms with Gasteiger partial charge < -0.3 is 4.90 Å². The number of hydrogen-bond acceptors (Lipinski definition) is 2. The van der Waals surface area contributed by atoms with E-state index in [1.54, 1.807) is 28.8 Å². The van der Waals surface area contributed by atoms with Crippen LogP contribution in [-0.2, 0) is 11.8 Å². The van der Waals surface area contributed by atoms with Crippen LogP contribution >= 0.6 is 11.6 Å². The molecular formula is C17H18ClN3O. The van der Waals surface area contributed by atoms with Crippen molar-refractivity contribution in [2.75, 3.05) is 11.4 Å². The highest BCUT2D eigenvalue weighted by Gasteiger charge is 2.13. The van der Waals surface area contributed by atoms with Crippen LogP contribution in [0.2, 0.25) is 5.15 Å². The molecule has 0 N–H and O–H groups in total. The third-order valence-corrected chi connectivity index (χ3v) is 3.68. The zero-order valence-corrected chi connectivity index (χ0v) is 13.4. The molecule has 0 radical (unpaired) electrons. The first-order chi connectivity index (χ1) is 10.5. The number of aromatic nitrogens is 2. The summed E-state index contributed by atoms with van der Waals surface area (Å²) < 4.78 is 1.58. The van der Waals surface area contributed by atoms with E-state index < -0.39 is 0 Å². The summed E-state index contributed by atoms with van der Waals surface area (Å²) in [7, 11) is 1.77. The summed E-state index contributed by atoms with van der Waals surface area (Å²) in [6, 6.07) is 9.47. The molecule has 0 saturated carbocycles. The van der Waals surface area contributed by atoms with E-state index in [9.17, 15) is 4.79 Å². The van der Waals surface area contributed by atoms with Crippen LogP contribution in [-0.4, -0.2) is 22.2 Å². The molecule has 0 unspecified atom stereocenters. The number of carbonyl (C=O) groups is 1. The second-order valence-corrected chi connectivity index (χ2v) is 5.18. The number of amides is 1. The number of carbonyl (C=O) groups excluding carboxylic acids is 1. The Labute approximate surface area is 135 Å². The number of aryl methyl sites for hydroxylation is 2. The zero-order chi connectivity index (χ0) is 16.1. The van der Waals surface area contributed by atoms with E-state index in [4.69, 9.17) is 11.6 Å². The lowest BCUT2D eigenvalue weighted by atomic mass is 10.2. The fraction of sp³-hybridized carbons (Fsp3) is 0.176. The van der Waals surface area contributed by atoms with Gasteiger partial charge in [0.15, 0.2) is 0 Å². The van der Waals surface area contributed by atoms with Crippen molar-refractivity contribution in [3.8, 4) is 0 Å². The van der Waals surface area contributed by atoms with Gasteiger partial charge in [-0.25, -0.2) is 0 Å². The van der Waals surface area contributed by atoms with E-state index in [-0.39, 0.29) is 5.91 Å². The van der Waals surface area contributed by atoms with Gasteiger partial charge in [-0.1, -0.05) is 35.9 Å². The molecule has 1 amide bonds. The second kappa shape index (κ2) is 7.09.